The molecule has 0 bridgehead atoms. The number of hydrogen-bond acceptors (Lipinski definition) is 0. The Morgan fingerprint density at radius 2 is 2.00 bits per heavy atom. The lowest BCUT2D eigenvalue weighted by Crippen LogP contribution is -2.16. The lowest BCUT2D eigenvalue weighted by Gasteiger charge is -2.21. The van der Waals surface area contributed by atoms with Gasteiger partial charge in [-0.05, 0) is 17.4 Å². The predicted molar refractivity (Wildman–Crippen MR) is 45.6 cm³/mol. The molecule has 0 aromatic carbocycles. The number of hydrogen-bond donors (Lipinski definition) is 0. The maximum atomic E-state index is 2.52. The molecule has 2 unspecified atom stereocenters. The van der Waals surface area contributed by atoms with E-state index in [2.05, 4.69) is 27.3 Å². The van der Waals surface area contributed by atoms with E-state index in [0.29, 0.717) is 0 Å². The summed E-state index contributed by atoms with van der Waals surface area (Å²) in [5.41, 5.74) is 0. The Hall–Kier alpha value is 0.217. The molecular formula is C8H18Si. The van der Waals surface area contributed by atoms with Crippen LogP contribution in [0.5, 0.6) is 0 Å². The molecule has 1 aliphatic heterocycles. The fourth-order valence-electron chi connectivity index (χ4n) is 2.11. The van der Waals surface area contributed by atoms with Crippen LogP contribution in [0.1, 0.15) is 27.2 Å². The zero-order valence-electron chi connectivity index (χ0n) is 7.07. The molecule has 1 heteroatoms. The Balaban J connectivity index is 2.58. The van der Waals surface area contributed by atoms with Crippen LogP contribution in [0, 0.1) is 5.92 Å². The Morgan fingerprint density at radius 3 is 2.11 bits per heavy atom. The lowest BCUT2D eigenvalue weighted by atomic mass is 10.0. The van der Waals surface area contributed by atoms with Crippen molar-refractivity contribution in [3.05, 3.63) is 0 Å². The highest BCUT2D eigenvalue weighted by Gasteiger charge is 2.35. The molecule has 1 fully saturated rings. The van der Waals surface area contributed by atoms with Gasteiger partial charge in [-0.25, -0.2) is 0 Å². The van der Waals surface area contributed by atoms with Gasteiger partial charge >= 0.3 is 0 Å². The van der Waals surface area contributed by atoms with E-state index >= 15 is 0 Å². The van der Waals surface area contributed by atoms with E-state index in [0.717, 1.165) is 11.0 Å². The van der Waals surface area contributed by atoms with Crippen LogP contribution >= 0.6 is 0 Å². The first-order valence-corrected chi connectivity index (χ1v) is 6.57. The Kier molecular flexibility index (Phi) is 1.72. The summed E-state index contributed by atoms with van der Waals surface area (Å²) in [5, 5.41) is 0.763. The summed E-state index contributed by atoms with van der Waals surface area (Å²) >= 11 is 0. The van der Waals surface area contributed by atoms with Gasteiger partial charge in [-0.2, -0.15) is 0 Å². The second kappa shape index (κ2) is 2.12. The second-order valence-electron chi connectivity index (χ2n) is 4.43. The first kappa shape index (κ1) is 7.33. The molecule has 0 aromatic rings. The highest BCUT2D eigenvalue weighted by molar-refractivity contribution is 6.61. The average Bonchev–Trinajstić information content (AvgIpc) is 1.79. The van der Waals surface area contributed by atoms with Gasteiger partial charge in [-0.3, -0.25) is 0 Å². The van der Waals surface area contributed by atoms with Crippen LogP contribution in [0.25, 0.3) is 0 Å². The van der Waals surface area contributed by atoms with Crippen LogP contribution in [0.3, 0.4) is 0 Å². The van der Waals surface area contributed by atoms with Gasteiger partial charge < -0.3 is 0 Å². The molecule has 0 radical (unpaired) electrons. The van der Waals surface area contributed by atoms with Crippen LogP contribution in [0.2, 0.25) is 17.6 Å². The maximum absolute atomic E-state index is 2.52. The van der Waals surface area contributed by atoms with Crippen molar-refractivity contribution in [2.45, 2.75) is 44.8 Å². The Labute approximate surface area is 60.3 Å². The highest BCUT2D eigenvalue weighted by atomic mass is 28.3. The maximum Gasteiger partial charge on any atom is 0.0398 e. The largest absolute Gasteiger partial charge is 0.0716 e. The first-order chi connectivity index (χ1) is 4.02. The second-order valence-corrected chi connectivity index (χ2v) is 8.27. The van der Waals surface area contributed by atoms with Gasteiger partial charge in [0.1, 0.15) is 0 Å². The van der Waals surface area contributed by atoms with E-state index in [9.17, 15) is 0 Å². The van der Waals surface area contributed by atoms with Gasteiger partial charge in [0.25, 0.3) is 0 Å². The third-order valence-corrected chi connectivity index (χ3v) is 7.38. The van der Waals surface area contributed by atoms with Gasteiger partial charge in [-0.15, -0.1) is 0 Å². The zero-order chi connectivity index (χ0) is 7.07. The molecule has 1 saturated heterocycles. The van der Waals surface area contributed by atoms with Crippen molar-refractivity contribution in [2.24, 2.45) is 5.92 Å². The molecule has 0 spiro atoms. The van der Waals surface area contributed by atoms with Crippen molar-refractivity contribution in [3.63, 3.8) is 0 Å². The van der Waals surface area contributed by atoms with E-state index in [-0.39, 0.29) is 8.80 Å². The minimum absolute atomic E-state index is 0.316. The SMILES string of the molecule is CC1C[SiH](C)C(C)(C)C1. The van der Waals surface area contributed by atoms with E-state index in [4.69, 9.17) is 0 Å². The molecule has 0 aromatic heterocycles. The molecule has 0 amide bonds. The normalized spacial score (nSPS) is 41.3. The van der Waals surface area contributed by atoms with Gasteiger partial charge in [0, 0.05) is 8.80 Å². The molecule has 0 aliphatic carbocycles. The minimum Gasteiger partial charge on any atom is -0.0716 e. The van der Waals surface area contributed by atoms with Crippen molar-refractivity contribution in [1.29, 1.82) is 0 Å². The third-order valence-electron chi connectivity index (χ3n) is 2.96. The van der Waals surface area contributed by atoms with E-state index in [1.807, 2.05) is 0 Å². The smallest absolute Gasteiger partial charge is 0.0398 e. The molecule has 1 aliphatic rings. The predicted octanol–water partition coefficient (Wildman–Crippen LogP) is 2.66. The van der Waals surface area contributed by atoms with Crippen LogP contribution < -0.4 is 0 Å². The summed E-state index contributed by atoms with van der Waals surface area (Å²) in [7, 11) is -0.316. The van der Waals surface area contributed by atoms with Crippen LogP contribution in [0.15, 0.2) is 0 Å². The molecular weight excluding hydrogens is 124 g/mol. The van der Waals surface area contributed by atoms with Gasteiger partial charge in [0.2, 0.25) is 0 Å². The quantitative estimate of drug-likeness (QED) is 0.456. The summed E-state index contributed by atoms with van der Waals surface area (Å²) in [6.45, 7) is 9.82. The molecule has 0 saturated carbocycles. The molecule has 2 atom stereocenters. The average molecular weight is 142 g/mol. The van der Waals surface area contributed by atoms with Crippen LogP contribution in [-0.2, 0) is 0 Å². The zero-order valence-corrected chi connectivity index (χ0v) is 8.22. The van der Waals surface area contributed by atoms with Crippen molar-refractivity contribution in [2.75, 3.05) is 0 Å². The van der Waals surface area contributed by atoms with Crippen LogP contribution in [-0.4, -0.2) is 8.80 Å². The van der Waals surface area contributed by atoms with Crippen molar-refractivity contribution in [3.8, 4) is 0 Å². The summed E-state index contributed by atoms with van der Waals surface area (Å²) in [5.74, 6) is 1.03. The fourth-order valence-corrected chi connectivity index (χ4v) is 4.92. The molecule has 1 heterocycles. The molecule has 54 valence electrons. The molecule has 1 rings (SSSR count). The van der Waals surface area contributed by atoms with E-state index in [1.165, 1.54) is 6.42 Å². The Morgan fingerprint density at radius 1 is 1.44 bits per heavy atom. The molecule has 9 heavy (non-hydrogen) atoms. The van der Waals surface area contributed by atoms with Gasteiger partial charge in [0.05, 0.1) is 0 Å². The minimum atomic E-state index is -0.316. The monoisotopic (exact) mass is 142 g/mol. The van der Waals surface area contributed by atoms with E-state index < -0.39 is 0 Å². The highest BCUT2D eigenvalue weighted by Crippen LogP contribution is 2.46. The summed E-state index contributed by atoms with van der Waals surface area (Å²) in [6.07, 6.45) is 1.49. The Bertz CT molecular complexity index is 107. The van der Waals surface area contributed by atoms with Gasteiger partial charge in [-0.1, -0.05) is 33.4 Å². The van der Waals surface area contributed by atoms with Crippen molar-refractivity contribution in [1.82, 2.24) is 0 Å². The van der Waals surface area contributed by atoms with E-state index in [1.54, 1.807) is 6.04 Å². The fraction of sp³-hybridized carbons (Fsp3) is 1.00. The topological polar surface area (TPSA) is 0 Å². The van der Waals surface area contributed by atoms with Gasteiger partial charge in [0.15, 0.2) is 0 Å². The molecule has 0 nitrogen and oxygen atoms in total. The number of rotatable bonds is 0. The van der Waals surface area contributed by atoms with Crippen molar-refractivity contribution < 1.29 is 0 Å². The third kappa shape index (κ3) is 1.37. The summed E-state index contributed by atoms with van der Waals surface area (Å²) in [4.78, 5) is 0. The summed E-state index contributed by atoms with van der Waals surface area (Å²) < 4.78 is 0. The first-order valence-electron chi connectivity index (χ1n) is 4.02. The van der Waals surface area contributed by atoms with Crippen LogP contribution in [0.4, 0.5) is 0 Å². The lowest BCUT2D eigenvalue weighted by molar-refractivity contribution is 0.528. The van der Waals surface area contributed by atoms with Crippen molar-refractivity contribution >= 4 is 8.80 Å². The molecule has 0 N–H and O–H groups in total. The summed E-state index contributed by atoms with van der Waals surface area (Å²) in [6, 6.07) is 1.58. The standard InChI is InChI=1S/C8H18Si/c1-7-5-8(2,3)9(4)6-7/h7,9H,5-6H2,1-4H3.